The van der Waals surface area contributed by atoms with Crippen LogP contribution in [-0.4, -0.2) is 26.8 Å². The number of anilines is 1. The van der Waals surface area contributed by atoms with E-state index in [0.717, 1.165) is 16.8 Å². The number of nitrogen functional groups attached to an aromatic ring is 1. The van der Waals surface area contributed by atoms with Crippen molar-refractivity contribution in [1.82, 2.24) is 19.7 Å². The summed E-state index contributed by atoms with van der Waals surface area (Å²) >= 11 is 0. The van der Waals surface area contributed by atoms with Crippen LogP contribution in [0.2, 0.25) is 0 Å². The summed E-state index contributed by atoms with van der Waals surface area (Å²) in [5.74, 6) is 2.24. The van der Waals surface area contributed by atoms with Crippen molar-refractivity contribution in [3.8, 4) is 5.75 Å². The fourth-order valence-electron chi connectivity index (χ4n) is 1.96. The molecule has 0 unspecified atom stereocenters. The zero-order valence-electron chi connectivity index (χ0n) is 10.6. The number of hydrogen-bond donors (Lipinski definition) is 1. The van der Waals surface area contributed by atoms with Crippen molar-refractivity contribution in [3.63, 3.8) is 0 Å². The summed E-state index contributed by atoms with van der Waals surface area (Å²) in [5.41, 5.74) is 7.59. The Kier molecular flexibility index (Phi) is 2.59. The Labute approximate surface area is 109 Å². The Morgan fingerprint density at radius 1 is 1.37 bits per heavy atom. The third-order valence-corrected chi connectivity index (χ3v) is 2.85. The lowest BCUT2D eigenvalue weighted by Crippen LogP contribution is -2.04. The largest absolute Gasteiger partial charge is 0.497 e. The summed E-state index contributed by atoms with van der Waals surface area (Å²) in [6.07, 6.45) is 0. The minimum absolute atomic E-state index is 0.398. The Hall–Kier alpha value is -2.57. The number of benzene rings is 1. The second-order valence-corrected chi connectivity index (χ2v) is 4.15. The number of rotatable bonds is 3. The number of hydrogen-bond acceptors (Lipinski definition) is 6. The first-order chi connectivity index (χ1) is 9.17. The van der Waals surface area contributed by atoms with Crippen molar-refractivity contribution in [2.24, 2.45) is 0 Å². The molecule has 1 aromatic carbocycles. The van der Waals surface area contributed by atoms with Gasteiger partial charge in [-0.2, -0.15) is 4.98 Å². The highest BCUT2D eigenvalue weighted by Gasteiger charge is 2.12. The van der Waals surface area contributed by atoms with Crippen LogP contribution in [0.3, 0.4) is 0 Å². The molecule has 2 aromatic heterocycles. The van der Waals surface area contributed by atoms with Gasteiger partial charge in [0.05, 0.1) is 18.1 Å². The van der Waals surface area contributed by atoms with Crippen LogP contribution in [0.15, 0.2) is 22.7 Å². The summed E-state index contributed by atoms with van der Waals surface area (Å²) in [5, 5.41) is 3.75. The molecule has 0 atom stereocenters. The summed E-state index contributed by atoms with van der Waals surface area (Å²) in [4.78, 5) is 8.46. The Balaban J connectivity index is 2.05. The number of methoxy groups -OCH3 is 1. The van der Waals surface area contributed by atoms with Crippen molar-refractivity contribution < 1.29 is 9.26 Å². The molecular weight excluding hydrogens is 246 g/mol. The molecule has 0 fully saturated rings. The lowest BCUT2D eigenvalue weighted by Gasteiger charge is -2.03. The van der Waals surface area contributed by atoms with E-state index in [-0.39, 0.29) is 0 Å². The van der Waals surface area contributed by atoms with Crippen LogP contribution in [0.4, 0.5) is 5.95 Å². The molecule has 98 valence electrons. The highest BCUT2D eigenvalue weighted by Crippen LogP contribution is 2.23. The SMILES string of the molecule is COc1ccc2c(c1)nc(N)n2Cc1nc(C)no1. The monoisotopic (exact) mass is 259 g/mol. The molecule has 0 saturated carbocycles. The van der Waals surface area contributed by atoms with Gasteiger partial charge in [0.15, 0.2) is 5.82 Å². The predicted molar refractivity (Wildman–Crippen MR) is 68.8 cm³/mol. The third kappa shape index (κ3) is 1.99. The summed E-state index contributed by atoms with van der Waals surface area (Å²) < 4.78 is 12.1. The van der Waals surface area contributed by atoms with E-state index in [4.69, 9.17) is 15.0 Å². The van der Waals surface area contributed by atoms with Gasteiger partial charge in [0.1, 0.15) is 12.3 Å². The van der Waals surface area contributed by atoms with Gasteiger partial charge in [-0.1, -0.05) is 5.16 Å². The van der Waals surface area contributed by atoms with E-state index in [0.29, 0.717) is 24.2 Å². The highest BCUT2D eigenvalue weighted by molar-refractivity contribution is 5.79. The molecule has 3 aromatic rings. The molecular formula is C12H13N5O2. The van der Waals surface area contributed by atoms with Crippen LogP contribution >= 0.6 is 0 Å². The van der Waals surface area contributed by atoms with E-state index < -0.39 is 0 Å². The van der Waals surface area contributed by atoms with Gasteiger partial charge in [-0.3, -0.25) is 0 Å². The summed E-state index contributed by atoms with van der Waals surface area (Å²) in [6, 6.07) is 5.60. The number of ether oxygens (including phenoxy) is 1. The van der Waals surface area contributed by atoms with Gasteiger partial charge in [0.25, 0.3) is 0 Å². The maximum Gasteiger partial charge on any atom is 0.246 e. The molecule has 2 heterocycles. The minimum Gasteiger partial charge on any atom is -0.497 e. The Morgan fingerprint density at radius 2 is 2.21 bits per heavy atom. The van der Waals surface area contributed by atoms with Crippen LogP contribution in [0, 0.1) is 6.92 Å². The van der Waals surface area contributed by atoms with Crippen LogP contribution in [0.1, 0.15) is 11.7 Å². The molecule has 0 bridgehead atoms. The molecule has 3 rings (SSSR count). The van der Waals surface area contributed by atoms with Crippen molar-refractivity contribution in [2.75, 3.05) is 12.8 Å². The molecule has 0 aliphatic carbocycles. The van der Waals surface area contributed by atoms with E-state index in [2.05, 4.69) is 15.1 Å². The Morgan fingerprint density at radius 3 is 2.89 bits per heavy atom. The maximum absolute atomic E-state index is 5.92. The van der Waals surface area contributed by atoms with E-state index in [9.17, 15) is 0 Å². The van der Waals surface area contributed by atoms with Crippen molar-refractivity contribution in [1.29, 1.82) is 0 Å². The van der Waals surface area contributed by atoms with Crippen molar-refractivity contribution in [2.45, 2.75) is 13.5 Å². The van der Waals surface area contributed by atoms with E-state index >= 15 is 0 Å². The first-order valence-corrected chi connectivity index (χ1v) is 5.76. The number of aryl methyl sites for hydroxylation is 1. The molecule has 2 N–H and O–H groups in total. The first kappa shape index (κ1) is 11.5. The summed E-state index contributed by atoms with van der Waals surface area (Å²) in [6.45, 7) is 2.17. The predicted octanol–water partition coefficient (Wildman–Crippen LogP) is 1.37. The van der Waals surface area contributed by atoms with Crippen LogP contribution in [0.25, 0.3) is 11.0 Å². The smallest absolute Gasteiger partial charge is 0.246 e. The van der Waals surface area contributed by atoms with Crippen molar-refractivity contribution in [3.05, 3.63) is 29.9 Å². The molecule has 19 heavy (non-hydrogen) atoms. The zero-order chi connectivity index (χ0) is 13.4. The second-order valence-electron chi connectivity index (χ2n) is 4.15. The molecule has 7 heteroatoms. The van der Waals surface area contributed by atoms with Gasteiger partial charge < -0.3 is 19.6 Å². The van der Waals surface area contributed by atoms with E-state index in [1.807, 2.05) is 22.8 Å². The first-order valence-electron chi connectivity index (χ1n) is 5.76. The fraction of sp³-hybridized carbons (Fsp3) is 0.250. The standard InChI is InChI=1S/C12H13N5O2/c1-7-14-11(19-16-7)6-17-10-4-3-8(18-2)5-9(10)15-12(17)13/h3-5H,6H2,1-2H3,(H2,13,15). The number of fused-ring (bicyclic) bond motifs is 1. The average Bonchev–Trinajstić information content (AvgIpc) is 2.94. The van der Waals surface area contributed by atoms with Crippen LogP contribution in [-0.2, 0) is 6.54 Å². The minimum atomic E-state index is 0.398. The molecule has 0 spiro atoms. The Bertz CT molecular complexity index is 731. The van der Waals surface area contributed by atoms with Gasteiger partial charge in [-0.25, -0.2) is 4.98 Å². The lowest BCUT2D eigenvalue weighted by atomic mass is 10.3. The van der Waals surface area contributed by atoms with Crippen LogP contribution < -0.4 is 10.5 Å². The average molecular weight is 259 g/mol. The van der Waals surface area contributed by atoms with Gasteiger partial charge in [0.2, 0.25) is 11.8 Å². The van der Waals surface area contributed by atoms with Crippen LogP contribution in [0.5, 0.6) is 5.75 Å². The second kappa shape index (κ2) is 4.27. The lowest BCUT2D eigenvalue weighted by molar-refractivity contribution is 0.369. The number of nitrogens with zero attached hydrogens (tertiary/aromatic N) is 4. The number of aromatic nitrogens is 4. The molecule has 0 radical (unpaired) electrons. The van der Waals surface area contributed by atoms with E-state index in [1.165, 1.54) is 0 Å². The topological polar surface area (TPSA) is 92.0 Å². The zero-order valence-corrected chi connectivity index (χ0v) is 10.6. The number of nitrogens with two attached hydrogens (primary N) is 1. The highest BCUT2D eigenvalue weighted by atomic mass is 16.5. The fourth-order valence-corrected chi connectivity index (χ4v) is 1.96. The van der Waals surface area contributed by atoms with Gasteiger partial charge in [-0.15, -0.1) is 0 Å². The molecule has 7 nitrogen and oxygen atoms in total. The molecule has 0 aliphatic heterocycles. The quantitative estimate of drug-likeness (QED) is 0.763. The van der Waals surface area contributed by atoms with E-state index in [1.54, 1.807) is 14.0 Å². The molecule has 0 saturated heterocycles. The number of imidazole rings is 1. The maximum atomic E-state index is 5.92. The normalized spacial score (nSPS) is 11.1. The van der Waals surface area contributed by atoms with Gasteiger partial charge in [0, 0.05) is 6.07 Å². The molecule has 0 amide bonds. The third-order valence-electron chi connectivity index (χ3n) is 2.85. The molecule has 0 aliphatic rings. The van der Waals surface area contributed by atoms with Crippen molar-refractivity contribution >= 4 is 17.0 Å². The van der Waals surface area contributed by atoms with Gasteiger partial charge >= 0.3 is 0 Å². The summed E-state index contributed by atoms with van der Waals surface area (Å²) in [7, 11) is 1.61. The van der Waals surface area contributed by atoms with Gasteiger partial charge in [-0.05, 0) is 19.1 Å².